The van der Waals surface area contributed by atoms with Crippen molar-refractivity contribution in [3.05, 3.63) is 241 Å². The summed E-state index contributed by atoms with van der Waals surface area (Å²) in [5.41, 5.74) is 19.4. The Morgan fingerprint density at radius 3 is 1.89 bits per heavy atom. The Morgan fingerprint density at radius 1 is 0.507 bits per heavy atom. The van der Waals surface area contributed by atoms with Gasteiger partial charge in [0, 0.05) is 28.4 Å². The van der Waals surface area contributed by atoms with Crippen molar-refractivity contribution in [2.75, 3.05) is 0 Å². The maximum Gasteiger partial charge on any atom is 2.00 e. The van der Waals surface area contributed by atoms with Gasteiger partial charge in [-0.3, -0.25) is 4.57 Å². The number of hydrogen-bond donors (Lipinski definition) is 0. The van der Waals surface area contributed by atoms with Crippen molar-refractivity contribution in [1.82, 2.24) is 24.1 Å². The van der Waals surface area contributed by atoms with Crippen LogP contribution in [0.1, 0.15) is 75.6 Å². The molecule has 0 aliphatic carbocycles. The van der Waals surface area contributed by atoms with Gasteiger partial charge in [-0.2, -0.15) is 0 Å². The fraction of sp³-hybridized carbons (Fsp3) is 0.130. The minimum absolute atomic E-state index is 0. The summed E-state index contributed by atoms with van der Waals surface area (Å²) in [4.78, 5) is 16.3. The van der Waals surface area contributed by atoms with Gasteiger partial charge in [-0.1, -0.05) is 210 Å². The van der Waals surface area contributed by atoms with E-state index >= 15 is 0 Å². The third-order valence-electron chi connectivity index (χ3n) is 15.4. The predicted molar refractivity (Wildman–Crippen MR) is 309 cm³/mol. The number of hydrogen-bond acceptors (Lipinski definition) is 2. The monoisotopic (exact) mass is 1150 g/mol. The third-order valence-corrected chi connectivity index (χ3v) is 15.4. The van der Waals surface area contributed by atoms with Crippen LogP contribution in [0, 0.1) is 6.07 Å². The number of fused-ring (bicyclic) bond motifs is 7. The molecule has 0 bridgehead atoms. The second kappa shape index (κ2) is 19.0. The number of nitrogens with zero attached hydrogens (tertiary/aromatic N) is 5. The zero-order valence-electron chi connectivity index (χ0n) is 42.9. The Bertz CT molecular complexity index is 4260. The van der Waals surface area contributed by atoms with E-state index in [0.717, 1.165) is 100.0 Å². The summed E-state index contributed by atoms with van der Waals surface area (Å²) < 4.78 is 4.67. The van der Waals surface area contributed by atoms with Crippen LogP contribution >= 0.6 is 0 Å². The maximum atomic E-state index is 5.76. The molecule has 0 amide bonds. The first kappa shape index (κ1) is 47.9. The molecule has 4 aromatic heterocycles. The van der Waals surface area contributed by atoms with Crippen LogP contribution < -0.4 is 4.98 Å². The molecule has 0 radical (unpaired) electrons. The van der Waals surface area contributed by atoms with Gasteiger partial charge >= 0.3 is 21.1 Å². The molecule has 75 heavy (non-hydrogen) atoms. The molecule has 366 valence electrons. The molecule has 6 heteroatoms. The molecular formula is C69H55N5Pt. The molecule has 5 nitrogen and oxygen atoms in total. The van der Waals surface area contributed by atoms with Crippen molar-refractivity contribution >= 4 is 54.6 Å². The third kappa shape index (κ3) is 8.04. The van der Waals surface area contributed by atoms with Crippen molar-refractivity contribution in [3.8, 4) is 56.3 Å². The van der Waals surface area contributed by atoms with E-state index in [1.54, 1.807) is 0 Å². The maximum absolute atomic E-state index is 5.76. The first-order chi connectivity index (χ1) is 36.1. The SMILES string of the molecule is CC(C)c1cc2c3ccc(-c4cccc5c4nc(-c4ccc(-c6ccccc6)c6c4[n-]c4ccccc46)n5-c4ccc(-c5ccccc5)cc4)[c-]c3n(-c3cc(C(C)(C)c4ccccc4)ccn3)c2cc1C(C)C.[Pt+2]. The van der Waals surface area contributed by atoms with Crippen LogP contribution in [-0.2, 0) is 26.5 Å². The summed E-state index contributed by atoms with van der Waals surface area (Å²) in [5.74, 6) is 2.40. The molecule has 0 aliphatic heterocycles. The van der Waals surface area contributed by atoms with E-state index < -0.39 is 0 Å². The Kier molecular flexibility index (Phi) is 12.1. The predicted octanol–water partition coefficient (Wildman–Crippen LogP) is 17.8. The summed E-state index contributed by atoms with van der Waals surface area (Å²) in [5, 5.41) is 4.59. The number of aromatic nitrogens is 5. The largest absolute Gasteiger partial charge is 2.00 e. The normalized spacial score (nSPS) is 12.0. The molecule has 9 aromatic carbocycles. The molecule has 0 atom stereocenters. The van der Waals surface area contributed by atoms with Gasteiger partial charge in [-0.05, 0) is 114 Å². The van der Waals surface area contributed by atoms with Gasteiger partial charge in [0.15, 0.2) is 0 Å². The molecule has 0 fully saturated rings. The van der Waals surface area contributed by atoms with Gasteiger partial charge in [0.05, 0.1) is 11.0 Å². The summed E-state index contributed by atoms with van der Waals surface area (Å²) in [6, 6.07) is 78.3. The average molecular weight is 1150 g/mol. The molecule has 0 saturated carbocycles. The van der Waals surface area contributed by atoms with Crippen molar-refractivity contribution in [2.45, 2.75) is 58.8 Å². The Morgan fingerprint density at radius 2 is 1.16 bits per heavy atom. The fourth-order valence-electron chi connectivity index (χ4n) is 11.5. The number of imidazole rings is 1. The van der Waals surface area contributed by atoms with Crippen LogP contribution in [0.15, 0.2) is 212 Å². The van der Waals surface area contributed by atoms with Crippen molar-refractivity contribution in [3.63, 3.8) is 0 Å². The molecular weight excluding hydrogens is 1090 g/mol. The summed E-state index contributed by atoms with van der Waals surface area (Å²) >= 11 is 0. The first-order valence-corrected chi connectivity index (χ1v) is 25.9. The van der Waals surface area contributed by atoms with Gasteiger partial charge in [0.25, 0.3) is 0 Å². The fourth-order valence-corrected chi connectivity index (χ4v) is 11.5. The molecule has 13 rings (SSSR count). The van der Waals surface area contributed by atoms with Gasteiger partial charge in [0.1, 0.15) is 11.6 Å². The summed E-state index contributed by atoms with van der Waals surface area (Å²) in [7, 11) is 0. The van der Waals surface area contributed by atoms with E-state index in [2.05, 4.69) is 263 Å². The van der Waals surface area contributed by atoms with Crippen LogP contribution in [0.25, 0.3) is 111 Å². The van der Waals surface area contributed by atoms with Crippen molar-refractivity contribution in [1.29, 1.82) is 0 Å². The number of pyridine rings is 1. The van der Waals surface area contributed by atoms with Crippen LogP contribution in [0.5, 0.6) is 0 Å². The van der Waals surface area contributed by atoms with E-state index in [1.807, 2.05) is 6.20 Å². The second-order valence-corrected chi connectivity index (χ2v) is 20.9. The van der Waals surface area contributed by atoms with E-state index in [-0.39, 0.29) is 26.5 Å². The van der Waals surface area contributed by atoms with Gasteiger partial charge in [0.2, 0.25) is 0 Å². The Balaban J connectivity index is 0.00000569. The van der Waals surface area contributed by atoms with Crippen molar-refractivity contribution in [2.24, 2.45) is 0 Å². The minimum atomic E-state index is -0.257. The van der Waals surface area contributed by atoms with Gasteiger partial charge in [-0.15, -0.1) is 34.8 Å². The molecule has 4 heterocycles. The number of benzene rings is 9. The number of rotatable bonds is 10. The molecule has 0 unspecified atom stereocenters. The zero-order chi connectivity index (χ0) is 50.2. The Hall–Kier alpha value is -8.11. The van der Waals surface area contributed by atoms with E-state index in [0.29, 0.717) is 11.8 Å². The molecule has 0 aliphatic rings. The van der Waals surface area contributed by atoms with E-state index in [4.69, 9.17) is 15.0 Å². The van der Waals surface area contributed by atoms with Gasteiger partial charge < -0.3 is 9.55 Å². The standard InChI is InChI=1S/C69H55N5.Pt/c1-43(2)57-41-59-54-34-31-48(39-62(54)74(63(59)42-58(57)44(3)4)64-40-50(37-38-70-64)69(5,6)49-23-14-9-15-24-49)53-26-18-28-61-66(53)72-68(73(61)51-32-29-46(30-33-51)45-19-10-7-11-20-45)56-36-35-52(47-21-12-8-13-22-47)65-55-25-16-17-27-60(55)71-67(56)65;/h7-38,40-44H,1-6H3;/q-2;+2. The first-order valence-electron chi connectivity index (χ1n) is 25.9. The van der Waals surface area contributed by atoms with E-state index in [9.17, 15) is 0 Å². The van der Waals surface area contributed by atoms with Crippen molar-refractivity contribution < 1.29 is 21.1 Å². The quantitative estimate of drug-likeness (QED) is 0.128. The molecule has 0 N–H and O–H groups in total. The number of para-hydroxylation sites is 2. The summed E-state index contributed by atoms with van der Waals surface area (Å²) in [6.07, 6.45) is 1.97. The molecule has 0 spiro atoms. The molecule has 0 saturated heterocycles. The van der Waals surface area contributed by atoms with Crippen LogP contribution in [0.2, 0.25) is 0 Å². The second-order valence-electron chi connectivity index (χ2n) is 20.9. The summed E-state index contributed by atoms with van der Waals surface area (Å²) in [6.45, 7) is 13.8. The van der Waals surface area contributed by atoms with Crippen LogP contribution in [0.4, 0.5) is 0 Å². The molecule has 13 aromatic rings. The minimum Gasteiger partial charge on any atom is -0.656 e. The van der Waals surface area contributed by atoms with Crippen LogP contribution in [0.3, 0.4) is 0 Å². The topological polar surface area (TPSA) is 49.7 Å². The van der Waals surface area contributed by atoms with Gasteiger partial charge in [-0.25, -0.2) is 9.97 Å². The van der Waals surface area contributed by atoms with Crippen LogP contribution in [-0.4, -0.2) is 19.1 Å². The van der Waals surface area contributed by atoms with E-state index in [1.165, 1.54) is 33.2 Å². The average Bonchev–Trinajstić information content (AvgIpc) is 4.13. The Labute approximate surface area is 452 Å². The zero-order valence-corrected chi connectivity index (χ0v) is 45.2. The smallest absolute Gasteiger partial charge is 0.656 e.